The van der Waals surface area contributed by atoms with Crippen LogP contribution in [0.2, 0.25) is 5.15 Å². The molecule has 2 rings (SSSR count). The van der Waals surface area contributed by atoms with Crippen LogP contribution in [0.5, 0.6) is 11.5 Å². The molecule has 0 bridgehead atoms. The van der Waals surface area contributed by atoms with Gasteiger partial charge in [0.15, 0.2) is 11.8 Å². The molecule has 2 amide bonds. The molecule has 1 heterocycles. The third kappa shape index (κ3) is 5.44. The second-order valence-electron chi connectivity index (χ2n) is 4.63. The molecule has 0 aliphatic heterocycles. The predicted octanol–water partition coefficient (Wildman–Crippen LogP) is 1.88. The summed E-state index contributed by atoms with van der Waals surface area (Å²) in [6.45, 7) is -0.400. The smallest absolute Gasteiger partial charge is 0.258 e. The van der Waals surface area contributed by atoms with Crippen molar-refractivity contribution in [2.75, 3.05) is 25.6 Å². The van der Waals surface area contributed by atoms with E-state index in [0.717, 1.165) is 0 Å². The molecule has 2 aromatic rings. The van der Waals surface area contributed by atoms with Gasteiger partial charge in [0, 0.05) is 6.20 Å². The van der Waals surface area contributed by atoms with Crippen molar-refractivity contribution in [3.63, 3.8) is 0 Å². The summed E-state index contributed by atoms with van der Waals surface area (Å²) < 4.78 is 10.3. The number of benzene rings is 1. The lowest BCUT2D eigenvalue weighted by atomic mass is 10.3. The van der Waals surface area contributed by atoms with Crippen molar-refractivity contribution >= 4 is 29.1 Å². The van der Waals surface area contributed by atoms with Crippen LogP contribution in [0.15, 0.2) is 42.6 Å². The Morgan fingerprint density at radius 3 is 2.50 bits per heavy atom. The van der Waals surface area contributed by atoms with Crippen LogP contribution in [-0.2, 0) is 9.59 Å². The number of ether oxygens (including phenoxy) is 2. The zero-order valence-corrected chi connectivity index (χ0v) is 13.7. The van der Waals surface area contributed by atoms with Gasteiger partial charge in [0.25, 0.3) is 5.91 Å². The molecule has 126 valence electrons. The highest BCUT2D eigenvalue weighted by Gasteiger charge is 2.09. The van der Waals surface area contributed by atoms with Gasteiger partial charge in [-0.3, -0.25) is 9.59 Å². The summed E-state index contributed by atoms with van der Waals surface area (Å²) in [4.78, 5) is 27.3. The van der Waals surface area contributed by atoms with Crippen molar-refractivity contribution < 1.29 is 19.1 Å². The first kappa shape index (κ1) is 17.6. The van der Waals surface area contributed by atoms with Crippen LogP contribution in [0.1, 0.15) is 0 Å². The minimum Gasteiger partial charge on any atom is -0.497 e. The number of halogens is 1. The Balaban J connectivity index is 1.72. The summed E-state index contributed by atoms with van der Waals surface area (Å²) in [5.41, 5.74) is 0.382. The standard InChI is InChI=1S/C16H16ClN3O4/c1-23-11-4-6-12(7-5-11)24-10-15(22)19-9-14(21)20-13-3-2-8-18-16(13)17/h2-8H,9-10H2,1H3,(H,19,22)(H,20,21). The van der Waals surface area contributed by atoms with Crippen LogP contribution in [0, 0.1) is 0 Å². The van der Waals surface area contributed by atoms with Gasteiger partial charge in [-0.25, -0.2) is 4.98 Å². The predicted molar refractivity (Wildman–Crippen MR) is 89.4 cm³/mol. The van der Waals surface area contributed by atoms with Crippen LogP contribution in [-0.4, -0.2) is 37.1 Å². The van der Waals surface area contributed by atoms with Gasteiger partial charge in [0.2, 0.25) is 5.91 Å². The second-order valence-corrected chi connectivity index (χ2v) is 4.99. The third-order valence-corrected chi connectivity index (χ3v) is 3.21. The number of carbonyl (C=O) groups is 2. The van der Waals surface area contributed by atoms with E-state index in [0.29, 0.717) is 17.2 Å². The number of nitrogens with one attached hydrogen (secondary N) is 2. The first-order chi connectivity index (χ1) is 11.6. The number of pyridine rings is 1. The topological polar surface area (TPSA) is 89.5 Å². The van der Waals surface area contributed by atoms with Gasteiger partial charge in [0.05, 0.1) is 19.3 Å². The number of hydrogen-bond donors (Lipinski definition) is 2. The second kappa shape index (κ2) is 8.73. The van der Waals surface area contributed by atoms with E-state index >= 15 is 0 Å². The Morgan fingerprint density at radius 1 is 1.12 bits per heavy atom. The van der Waals surface area contributed by atoms with Gasteiger partial charge in [-0.2, -0.15) is 0 Å². The molecule has 0 saturated heterocycles. The van der Waals surface area contributed by atoms with Crippen LogP contribution in [0.3, 0.4) is 0 Å². The molecule has 2 N–H and O–H groups in total. The molecular formula is C16H16ClN3O4. The summed E-state index contributed by atoms with van der Waals surface area (Å²) in [7, 11) is 1.56. The minimum absolute atomic E-state index is 0.181. The number of rotatable bonds is 7. The molecule has 0 radical (unpaired) electrons. The molecule has 0 spiro atoms. The van der Waals surface area contributed by atoms with Crippen LogP contribution >= 0.6 is 11.6 Å². The Labute approximate surface area is 143 Å². The number of anilines is 1. The normalized spacial score (nSPS) is 9.92. The monoisotopic (exact) mass is 349 g/mol. The minimum atomic E-state index is -0.418. The Hall–Kier alpha value is -2.80. The molecule has 0 atom stereocenters. The van der Waals surface area contributed by atoms with Crippen LogP contribution < -0.4 is 20.1 Å². The first-order valence-corrected chi connectivity index (χ1v) is 7.40. The van der Waals surface area contributed by atoms with E-state index in [4.69, 9.17) is 21.1 Å². The fourth-order valence-electron chi connectivity index (χ4n) is 1.72. The fraction of sp³-hybridized carbons (Fsp3) is 0.188. The van der Waals surface area contributed by atoms with Crippen LogP contribution in [0.25, 0.3) is 0 Å². The van der Waals surface area contributed by atoms with E-state index in [9.17, 15) is 9.59 Å². The highest BCUT2D eigenvalue weighted by atomic mass is 35.5. The molecule has 0 aliphatic rings. The van der Waals surface area contributed by atoms with Crippen molar-refractivity contribution in [1.29, 1.82) is 0 Å². The summed E-state index contributed by atoms with van der Waals surface area (Å²) in [6.07, 6.45) is 1.51. The zero-order valence-electron chi connectivity index (χ0n) is 12.9. The highest BCUT2D eigenvalue weighted by Crippen LogP contribution is 2.17. The Kier molecular flexibility index (Phi) is 6.39. The van der Waals surface area contributed by atoms with E-state index in [1.165, 1.54) is 6.20 Å². The molecule has 0 fully saturated rings. The molecule has 24 heavy (non-hydrogen) atoms. The lowest BCUT2D eigenvalue weighted by Gasteiger charge is -2.09. The van der Waals surface area contributed by atoms with Gasteiger partial charge in [-0.1, -0.05) is 11.6 Å². The number of amides is 2. The average Bonchev–Trinajstić information content (AvgIpc) is 2.60. The van der Waals surface area contributed by atoms with Crippen molar-refractivity contribution in [2.24, 2.45) is 0 Å². The fourth-order valence-corrected chi connectivity index (χ4v) is 1.89. The highest BCUT2D eigenvalue weighted by molar-refractivity contribution is 6.32. The summed E-state index contributed by atoms with van der Waals surface area (Å²) >= 11 is 5.83. The maximum Gasteiger partial charge on any atom is 0.258 e. The number of hydrogen-bond acceptors (Lipinski definition) is 5. The lowest BCUT2D eigenvalue weighted by Crippen LogP contribution is -2.35. The maximum absolute atomic E-state index is 11.7. The van der Waals surface area contributed by atoms with Gasteiger partial charge in [0.1, 0.15) is 11.5 Å². The van der Waals surface area contributed by atoms with Crippen molar-refractivity contribution in [1.82, 2.24) is 10.3 Å². The quantitative estimate of drug-likeness (QED) is 0.745. The average molecular weight is 350 g/mol. The number of nitrogens with zero attached hydrogens (tertiary/aromatic N) is 1. The van der Waals surface area contributed by atoms with Gasteiger partial charge >= 0.3 is 0 Å². The lowest BCUT2D eigenvalue weighted by molar-refractivity contribution is -0.125. The van der Waals surface area contributed by atoms with E-state index in [1.807, 2.05) is 0 Å². The SMILES string of the molecule is COc1ccc(OCC(=O)NCC(=O)Nc2cccnc2Cl)cc1. The Morgan fingerprint density at radius 2 is 1.83 bits per heavy atom. The molecule has 0 saturated carbocycles. The summed E-state index contributed by atoms with van der Waals surface area (Å²) in [6, 6.07) is 10.1. The van der Waals surface area contributed by atoms with E-state index in [-0.39, 0.29) is 18.3 Å². The summed E-state index contributed by atoms with van der Waals surface area (Å²) in [5, 5.41) is 5.18. The molecule has 1 aromatic heterocycles. The third-order valence-electron chi connectivity index (χ3n) is 2.91. The van der Waals surface area contributed by atoms with E-state index < -0.39 is 11.8 Å². The first-order valence-electron chi connectivity index (χ1n) is 7.02. The van der Waals surface area contributed by atoms with E-state index in [1.54, 1.807) is 43.5 Å². The largest absolute Gasteiger partial charge is 0.497 e. The number of aromatic nitrogens is 1. The Bertz CT molecular complexity index is 707. The van der Waals surface area contributed by atoms with Gasteiger partial charge in [-0.15, -0.1) is 0 Å². The molecule has 8 heteroatoms. The zero-order chi connectivity index (χ0) is 17.4. The number of carbonyl (C=O) groups excluding carboxylic acids is 2. The molecule has 0 aliphatic carbocycles. The maximum atomic E-state index is 11.7. The van der Waals surface area contributed by atoms with Crippen molar-refractivity contribution in [3.8, 4) is 11.5 Å². The molecule has 7 nitrogen and oxygen atoms in total. The molecule has 0 unspecified atom stereocenters. The van der Waals surface area contributed by atoms with Gasteiger partial charge in [-0.05, 0) is 36.4 Å². The number of methoxy groups -OCH3 is 1. The van der Waals surface area contributed by atoms with E-state index in [2.05, 4.69) is 15.6 Å². The van der Waals surface area contributed by atoms with Crippen molar-refractivity contribution in [2.45, 2.75) is 0 Å². The van der Waals surface area contributed by atoms with Crippen LogP contribution in [0.4, 0.5) is 5.69 Å². The molecular weight excluding hydrogens is 334 g/mol. The summed E-state index contributed by atoms with van der Waals surface area (Å²) in [5.74, 6) is 0.385. The molecule has 1 aromatic carbocycles. The van der Waals surface area contributed by atoms with Crippen molar-refractivity contribution in [3.05, 3.63) is 47.7 Å². The van der Waals surface area contributed by atoms with Gasteiger partial charge < -0.3 is 20.1 Å².